The molecule has 24 heavy (non-hydrogen) atoms. The summed E-state index contributed by atoms with van der Waals surface area (Å²) >= 11 is 0. The Balaban J connectivity index is 2.07. The molecular weight excluding hydrogens is 316 g/mol. The Bertz CT molecular complexity index is 694. The van der Waals surface area contributed by atoms with E-state index in [-0.39, 0.29) is 12.1 Å². The van der Waals surface area contributed by atoms with E-state index < -0.39 is 17.7 Å². The lowest BCUT2D eigenvalue weighted by molar-refractivity contribution is 0.119. The van der Waals surface area contributed by atoms with Gasteiger partial charge in [0.05, 0.1) is 20.3 Å². The molecule has 0 saturated heterocycles. The number of methoxy groups -OCH3 is 2. The first-order valence-electron chi connectivity index (χ1n) is 7.47. The molecule has 0 saturated carbocycles. The molecule has 0 heterocycles. The Morgan fingerprint density at radius 1 is 1.08 bits per heavy atom. The van der Waals surface area contributed by atoms with Gasteiger partial charge in [0.15, 0.2) is 0 Å². The van der Waals surface area contributed by atoms with Crippen LogP contribution in [0.3, 0.4) is 0 Å². The summed E-state index contributed by atoms with van der Waals surface area (Å²) in [6.45, 7) is 0.622. The number of hydrogen-bond acceptors (Lipinski definition) is 4. The number of benzene rings is 2. The smallest absolute Gasteiger partial charge is 0.129 e. The van der Waals surface area contributed by atoms with Crippen LogP contribution in [0.4, 0.5) is 8.78 Å². The highest BCUT2D eigenvalue weighted by Crippen LogP contribution is 2.26. The fourth-order valence-electron chi connectivity index (χ4n) is 2.50. The predicted octanol–water partition coefficient (Wildman–Crippen LogP) is 3.15. The van der Waals surface area contributed by atoms with Crippen LogP contribution in [0.2, 0.25) is 0 Å². The summed E-state index contributed by atoms with van der Waals surface area (Å²) in [4.78, 5) is 1.80. The maximum Gasteiger partial charge on any atom is 0.129 e. The van der Waals surface area contributed by atoms with Gasteiger partial charge in [-0.3, -0.25) is 4.90 Å². The monoisotopic (exact) mass is 337 g/mol. The van der Waals surface area contributed by atoms with Gasteiger partial charge >= 0.3 is 0 Å². The standard InChI is InChI=1S/C18H21F2NO3/c1-21(10-12-4-6-14(23-2)9-18(12)24-3)11-17(22)15-8-13(19)5-7-16(15)20/h4-9,17,22H,10-11H2,1-3H3. The second-order valence-electron chi connectivity index (χ2n) is 5.56. The summed E-state index contributed by atoms with van der Waals surface area (Å²) in [7, 11) is 4.92. The van der Waals surface area contributed by atoms with Crippen LogP contribution in [-0.2, 0) is 6.54 Å². The molecule has 1 N–H and O–H groups in total. The maximum absolute atomic E-state index is 13.7. The summed E-state index contributed by atoms with van der Waals surface area (Å²) in [5.41, 5.74) is 0.844. The van der Waals surface area contributed by atoms with Crippen molar-refractivity contribution >= 4 is 0 Å². The number of aliphatic hydroxyl groups excluding tert-OH is 1. The Morgan fingerprint density at radius 2 is 1.83 bits per heavy atom. The number of ether oxygens (including phenoxy) is 2. The molecular formula is C18H21F2NO3. The first-order valence-corrected chi connectivity index (χ1v) is 7.47. The SMILES string of the molecule is COc1ccc(CN(C)CC(O)c2cc(F)ccc2F)c(OC)c1. The van der Waals surface area contributed by atoms with Gasteiger partial charge < -0.3 is 14.6 Å². The highest BCUT2D eigenvalue weighted by atomic mass is 19.1. The van der Waals surface area contributed by atoms with Crippen LogP contribution in [-0.4, -0.2) is 37.8 Å². The molecule has 130 valence electrons. The third-order valence-corrected chi connectivity index (χ3v) is 3.74. The molecule has 0 fully saturated rings. The van der Waals surface area contributed by atoms with Gasteiger partial charge in [-0.25, -0.2) is 8.78 Å². The van der Waals surface area contributed by atoms with Crippen LogP contribution < -0.4 is 9.47 Å². The van der Waals surface area contributed by atoms with E-state index in [1.807, 2.05) is 12.1 Å². The quantitative estimate of drug-likeness (QED) is 0.843. The number of hydrogen-bond donors (Lipinski definition) is 1. The van der Waals surface area contributed by atoms with Crippen molar-refractivity contribution < 1.29 is 23.4 Å². The number of rotatable bonds is 7. The topological polar surface area (TPSA) is 41.9 Å². The maximum atomic E-state index is 13.7. The Labute approximate surface area is 140 Å². The zero-order valence-corrected chi connectivity index (χ0v) is 13.9. The number of halogens is 2. The number of aliphatic hydroxyl groups is 1. The van der Waals surface area contributed by atoms with Gasteiger partial charge in [-0.15, -0.1) is 0 Å². The molecule has 0 bridgehead atoms. The molecule has 0 amide bonds. The van der Waals surface area contributed by atoms with Crippen LogP contribution in [0, 0.1) is 11.6 Å². The molecule has 4 nitrogen and oxygen atoms in total. The van der Waals surface area contributed by atoms with Crippen LogP contribution in [0.25, 0.3) is 0 Å². The van der Waals surface area contributed by atoms with Gasteiger partial charge in [-0.1, -0.05) is 6.07 Å². The van der Waals surface area contributed by atoms with Gasteiger partial charge in [-0.05, 0) is 31.3 Å². The fourth-order valence-corrected chi connectivity index (χ4v) is 2.50. The summed E-state index contributed by atoms with van der Waals surface area (Å²) in [6, 6.07) is 8.50. The van der Waals surface area contributed by atoms with Crippen molar-refractivity contribution in [1.29, 1.82) is 0 Å². The lowest BCUT2D eigenvalue weighted by Gasteiger charge is -2.22. The average Bonchev–Trinajstić information content (AvgIpc) is 2.57. The molecule has 2 aromatic rings. The van der Waals surface area contributed by atoms with Crippen molar-refractivity contribution in [2.75, 3.05) is 27.8 Å². The summed E-state index contributed by atoms with van der Waals surface area (Å²) in [5, 5.41) is 10.2. The largest absolute Gasteiger partial charge is 0.497 e. The first kappa shape index (κ1) is 18.2. The van der Waals surface area contributed by atoms with E-state index in [4.69, 9.17) is 9.47 Å². The molecule has 2 rings (SSSR count). The highest BCUT2D eigenvalue weighted by molar-refractivity contribution is 5.40. The van der Waals surface area contributed by atoms with Gasteiger partial charge in [0, 0.05) is 30.3 Å². The van der Waals surface area contributed by atoms with E-state index in [0.29, 0.717) is 18.0 Å². The second-order valence-corrected chi connectivity index (χ2v) is 5.56. The molecule has 0 aliphatic carbocycles. The van der Waals surface area contributed by atoms with E-state index in [2.05, 4.69) is 0 Å². The van der Waals surface area contributed by atoms with Crippen LogP contribution >= 0.6 is 0 Å². The van der Waals surface area contributed by atoms with E-state index in [9.17, 15) is 13.9 Å². The van der Waals surface area contributed by atoms with Crippen molar-refractivity contribution in [3.63, 3.8) is 0 Å². The van der Waals surface area contributed by atoms with E-state index in [1.165, 1.54) is 0 Å². The average molecular weight is 337 g/mol. The Morgan fingerprint density at radius 3 is 2.50 bits per heavy atom. The van der Waals surface area contributed by atoms with Gasteiger partial charge in [0.2, 0.25) is 0 Å². The minimum atomic E-state index is -1.13. The zero-order valence-electron chi connectivity index (χ0n) is 13.9. The normalized spacial score (nSPS) is 12.3. The summed E-state index contributed by atoms with van der Waals surface area (Å²) in [5.74, 6) is 0.136. The molecule has 1 atom stereocenters. The molecule has 0 radical (unpaired) electrons. The molecule has 0 aromatic heterocycles. The van der Waals surface area contributed by atoms with Crippen molar-refractivity contribution in [2.45, 2.75) is 12.6 Å². The first-order chi connectivity index (χ1) is 11.4. The minimum absolute atomic E-state index is 0.0523. The Hall–Kier alpha value is -2.18. The van der Waals surface area contributed by atoms with Crippen LogP contribution in [0.15, 0.2) is 36.4 Å². The van der Waals surface area contributed by atoms with E-state index >= 15 is 0 Å². The van der Waals surface area contributed by atoms with Gasteiger partial charge in [0.1, 0.15) is 23.1 Å². The minimum Gasteiger partial charge on any atom is -0.497 e. The molecule has 0 aliphatic rings. The second kappa shape index (κ2) is 8.08. The van der Waals surface area contributed by atoms with Crippen molar-refractivity contribution in [2.24, 2.45) is 0 Å². The van der Waals surface area contributed by atoms with E-state index in [0.717, 1.165) is 23.8 Å². The summed E-state index contributed by atoms with van der Waals surface area (Å²) in [6.07, 6.45) is -1.13. The third kappa shape index (κ3) is 4.43. The molecule has 0 spiro atoms. The molecule has 2 aromatic carbocycles. The highest BCUT2D eigenvalue weighted by Gasteiger charge is 2.17. The fraction of sp³-hybridized carbons (Fsp3) is 0.333. The van der Waals surface area contributed by atoms with Crippen LogP contribution in [0.1, 0.15) is 17.2 Å². The molecule has 1 unspecified atom stereocenters. The van der Waals surface area contributed by atoms with Crippen molar-refractivity contribution in [1.82, 2.24) is 4.90 Å². The van der Waals surface area contributed by atoms with Crippen LogP contribution in [0.5, 0.6) is 11.5 Å². The third-order valence-electron chi connectivity index (χ3n) is 3.74. The lowest BCUT2D eigenvalue weighted by Crippen LogP contribution is -2.25. The number of nitrogens with zero attached hydrogens (tertiary/aromatic N) is 1. The molecule has 0 aliphatic heterocycles. The Kier molecular flexibility index (Phi) is 6.11. The lowest BCUT2D eigenvalue weighted by atomic mass is 10.1. The van der Waals surface area contributed by atoms with Gasteiger partial charge in [0.25, 0.3) is 0 Å². The van der Waals surface area contributed by atoms with E-state index in [1.54, 1.807) is 32.2 Å². The molecule has 6 heteroatoms. The summed E-state index contributed by atoms with van der Waals surface area (Å²) < 4.78 is 37.4. The van der Waals surface area contributed by atoms with Crippen molar-refractivity contribution in [3.8, 4) is 11.5 Å². The van der Waals surface area contributed by atoms with Gasteiger partial charge in [-0.2, -0.15) is 0 Å². The number of likely N-dealkylation sites (N-methyl/N-ethyl adjacent to an activating group) is 1. The van der Waals surface area contributed by atoms with Crippen molar-refractivity contribution in [3.05, 3.63) is 59.2 Å². The zero-order chi connectivity index (χ0) is 17.7. The predicted molar refractivity (Wildman–Crippen MR) is 87.2 cm³/mol.